The van der Waals surface area contributed by atoms with Crippen LogP contribution in [0.2, 0.25) is 0 Å². The molecule has 0 radical (unpaired) electrons. The van der Waals surface area contributed by atoms with Crippen molar-refractivity contribution in [1.29, 1.82) is 0 Å². The monoisotopic (exact) mass is 477 g/mol. The van der Waals surface area contributed by atoms with Crippen LogP contribution in [0.5, 0.6) is 5.75 Å². The largest absolute Gasteiger partial charge is 0.493 e. The average Bonchev–Trinajstić information content (AvgIpc) is 2.71. The fourth-order valence-electron chi connectivity index (χ4n) is 2.64. The maximum atomic E-state index is 12.4. The van der Waals surface area contributed by atoms with E-state index in [0.717, 1.165) is 0 Å². The Morgan fingerprint density at radius 1 is 1.03 bits per heavy atom. The third-order valence-electron chi connectivity index (χ3n) is 4.16. The van der Waals surface area contributed by atoms with Gasteiger partial charge in [0.15, 0.2) is 5.11 Å². The van der Waals surface area contributed by atoms with E-state index in [0.29, 0.717) is 46.7 Å². The summed E-state index contributed by atoms with van der Waals surface area (Å²) >= 11 is 8.61. The van der Waals surface area contributed by atoms with E-state index in [1.54, 1.807) is 47.4 Å². The molecule has 0 heterocycles. The Morgan fingerprint density at radius 2 is 1.66 bits per heavy atom. The van der Waals surface area contributed by atoms with Crippen LogP contribution in [0.4, 0.5) is 5.69 Å². The number of ether oxygens (including phenoxy) is 1. The van der Waals surface area contributed by atoms with Crippen molar-refractivity contribution in [2.45, 2.75) is 20.8 Å². The van der Waals surface area contributed by atoms with Gasteiger partial charge in [-0.3, -0.25) is 14.9 Å². The second-order valence-electron chi connectivity index (χ2n) is 6.04. The van der Waals surface area contributed by atoms with Crippen LogP contribution in [0.1, 0.15) is 41.5 Å². The first-order chi connectivity index (χ1) is 13.9. The van der Waals surface area contributed by atoms with Crippen LogP contribution >= 0.6 is 28.1 Å². The van der Waals surface area contributed by atoms with Crippen LogP contribution < -0.4 is 15.4 Å². The number of halogens is 1. The summed E-state index contributed by atoms with van der Waals surface area (Å²) in [4.78, 5) is 26.5. The average molecular weight is 478 g/mol. The van der Waals surface area contributed by atoms with E-state index in [9.17, 15) is 9.59 Å². The highest BCUT2D eigenvalue weighted by molar-refractivity contribution is 9.10. The van der Waals surface area contributed by atoms with Crippen molar-refractivity contribution in [3.05, 3.63) is 58.1 Å². The molecular weight excluding hydrogens is 454 g/mol. The molecule has 0 aromatic heterocycles. The van der Waals surface area contributed by atoms with Crippen molar-refractivity contribution in [3.63, 3.8) is 0 Å². The number of carbonyl (C=O) groups excluding carboxylic acids is 2. The van der Waals surface area contributed by atoms with Crippen molar-refractivity contribution in [3.8, 4) is 5.75 Å². The Morgan fingerprint density at radius 3 is 2.21 bits per heavy atom. The molecule has 0 atom stereocenters. The Kier molecular flexibility index (Phi) is 8.60. The van der Waals surface area contributed by atoms with Gasteiger partial charge in [-0.15, -0.1) is 0 Å². The van der Waals surface area contributed by atoms with Gasteiger partial charge in [-0.1, -0.05) is 0 Å². The summed E-state index contributed by atoms with van der Waals surface area (Å²) in [6, 6.07) is 12.0. The Labute approximate surface area is 184 Å². The lowest BCUT2D eigenvalue weighted by Crippen LogP contribution is -2.34. The molecule has 0 fully saturated rings. The lowest BCUT2D eigenvalue weighted by molar-refractivity contribution is 0.0772. The lowest BCUT2D eigenvalue weighted by atomic mass is 10.2. The zero-order valence-electron chi connectivity index (χ0n) is 16.6. The molecule has 154 valence electrons. The molecule has 0 spiro atoms. The number of carbonyl (C=O) groups is 2. The van der Waals surface area contributed by atoms with Gasteiger partial charge in [0.25, 0.3) is 11.8 Å². The number of nitrogens with zero attached hydrogens (tertiary/aromatic N) is 1. The van der Waals surface area contributed by atoms with E-state index in [-0.39, 0.29) is 16.9 Å². The molecule has 0 saturated carbocycles. The summed E-state index contributed by atoms with van der Waals surface area (Å²) in [5.74, 6) is 0.321. The standard InChI is InChI=1S/C21H24BrN3O3S/c1-4-25(5-2)20(27)14-7-10-16(11-8-14)23-21(29)24-19(26)15-9-12-18(28-6-3)17(22)13-15/h7-13H,4-6H2,1-3H3,(H2,23,24,26,29). The molecule has 0 aliphatic heterocycles. The van der Waals surface area contributed by atoms with Gasteiger partial charge in [0.2, 0.25) is 0 Å². The summed E-state index contributed by atoms with van der Waals surface area (Å²) in [6.45, 7) is 7.64. The van der Waals surface area contributed by atoms with Gasteiger partial charge in [0.1, 0.15) is 5.75 Å². The van der Waals surface area contributed by atoms with Crippen LogP contribution in [-0.4, -0.2) is 41.5 Å². The van der Waals surface area contributed by atoms with Crippen molar-refractivity contribution in [2.24, 2.45) is 0 Å². The fraction of sp³-hybridized carbons (Fsp3) is 0.286. The van der Waals surface area contributed by atoms with Crippen molar-refractivity contribution in [2.75, 3.05) is 25.0 Å². The van der Waals surface area contributed by atoms with Crippen LogP contribution in [0.15, 0.2) is 46.9 Å². The van der Waals surface area contributed by atoms with E-state index in [2.05, 4.69) is 26.6 Å². The van der Waals surface area contributed by atoms with Gasteiger partial charge in [0, 0.05) is 29.9 Å². The second kappa shape index (κ2) is 10.9. The third kappa shape index (κ3) is 6.27. The topological polar surface area (TPSA) is 70.7 Å². The van der Waals surface area contributed by atoms with Crippen LogP contribution in [-0.2, 0) is 0 Å². The van der Waals surface area contributed by atoms with Crippen LogP contribution in [0, 0.1) is 0 Å². The molecule has 0 unspecified atom stereocenters. The number of hydrogen-bond donors (Lipinski definition) is 2. The third-order valence-corrected chi connectivity index (χ3v) is 4.99. The molecule has 29 heavy (non-hydrogen) atoms. The van der Waals surface area contributed by atoms with Crippen molar-refractivity contribution < 1.29 is 14.3 Å². The summed E-state index contributed by atoms with van der Waals surface area (Å²) in [7, 11) is 0. The Bertz CT molecular complexity index is 883. The molecule has 0 aliphatic carbocycles. The number of nitrogens with one attached hydrogen (secondary N) is 2. The number of rotatable bonds is 7. The number of amides is 2. The number of anilines is 1. The van der Waals surface area contributed by atoms with E-state index >= 15 is 0 Å². The highest BCUT2D eigenvalue weighted by Gasteiger charge is 2.13. The quantitative estimate of drug-likeness (QED) is 0.576. The minimum absolute atomic E-state index is 0.0153. The summed E-state index contributed by atoms with van der Waals surface area (Å²) < 4.78 is 6.14. The molecule has 0 aliphatic rings. The minimum atomic E-state index is -0.334. The van der Waals surface area contributed by atoms with Gasteiger partial charge in [-0.05, 0) is 91.4 Å². The van der Waals surface area contributed by atoms with E-state index in [1.165, 1.54) is 0 Å². The first kappa shape index (κ1) is 22.8. The van der Waals surface area contributed by atoms with Crippen LogP contribution in [0.25, 0.3) is 0 Å². The van der Waals surface area contributed by atoms with Crippen molar-refractivity contribution >= 4 is 50.8 Å². The molecular formula is C21H24BrN3O3S. The molecule has 8 heteroatoms. The van der Waals surface area contributed by atoms with E-state index in [4.69, 9.17) is 17.0 Å². The number of hydrogen-bond acceptors (Lipinski definition) is 4. The highest BCUT2D eigenvalue weighted by atomic mass is 79.9. The van der Waals surface area contributed by atoms with E-state index < -0.39 is 0 Å². The summed E-state index contributed by atoms with van der Waals surface area (Å²) in [5, 5.41) is 5.76. The molecule has 2 N–H and O–H groups in total. The summed E-state index contributed by atoms with van der Waals surface area (Å²) in [6.07, 6.45) is 0. The smallest absolute Gasteiger partial charge is 0.257 e. The molecule has 2 aromatic carbocycles. The predicted molar refractivity (Wildman–Crippen MR) is 123 cm³/mol. The Hall–Kier alpha value is -2.45. The van der Waals surface area contributed by atoms with Gasteiger partial charge in [0.05, 0.1) is 11.1 Å². The maximum Gasteiger partial charge on any atom is 0.257 e. The zero-order valence-corrected chi connectivity index (χ0v) is 19.0. The molecule has 2 amide bonds. The van der Waals surface area contributed by atoms with E-state index in [1.807, 2.05) is 20.8 Å². The first-order valence-electron chi connectivity index (χ1n) is 9.33. The van der Waals surface area contributed by atoms with Crippen LogP contribution in [0.3, 0.4) is 0 Å². The summed E-state index contributed by atoms with van der Waals surface area (Å²) in [5.41, 5.74) is 1.73. The molecule has 0 bridgehead atoms. The molecule has 6 nitrogen and oxygen atoms in total. The number of thiocarbonyl (C=S) groups is 1. The zero-order chi connectivity index (χ0) is 21.4. The van der Waals surface area contributed by atoms with Gasteiger partial charge in [-0.25, -0.2) is 0 Å². The molecule has 0 saturated heterocycles. The van der Waals surface area contributed by atoms with Crippen molar-refractivity contribution in [1.82, 2.24) is 10.2 Å². The molecule has 2 rings (SSSR count). The first-order valence-corrected chi connectivity index (χ1v) is 10.5. The van der Waals surface area contributed by atoms with Gasteiger partial charge in [-0.2, -0.15) is 0 Å². The molecule has 2 aromatic rings. The fourth-order valence-corrected chi connectivity index (χ4v) is 3.35. The Balaban J connectivity index is 1.97. The van der Waals surface area contributed by atoms with Gasteiger partial charge >= 0.3 is 0 Å². The SMILES string of the molecule is CCOc1ccc(C(=O)NC(=S)Nc2ccc(C(=O)N(CC)CC)cc2)cc1Br. The van der Waals surface area contributed by atoms with Gasteiger partial charge < -0.3 is 15.0 Å². The number of benzene rings is 2. The maximum absolute atomic E-state index is 12.4. The predicted octanol–water partition coefficient (Wildman–Crippen LogP) is 4.46. The lowest BCUT2D eigenvalue weighted by Gasteiger charge is -2.18. The minimum Gasteiger partial charge on any atom is -0.493 e. The highest BCUT2D eigenvalue weighted by Crippen LogP contribution is 2.26. The second-order valence-corrected chi connectivity index (χ2v) is 7.30. The normalized spacial score (nSPS) is 10.2.